The molecule has 2 aromatic carbocycles. The molecule has 31 heavy (non-hydrogen) atoms. The Bertz CT molecular complexity index is 1050. The maximum atomic E-state index is 12.4. The molecule has 8 nitrogen and oxygen atoms in total. The molecule has 1 atom stereocenters. The van der Waals surface area contributed by atoms with E-state index in [2.05, 4.69) is 26.7 Å². The lowest BCUT2D eigenvalue weighted by molar-refractivity contribution is -0.151. The Balaban J connectivity index is 1.49. The van der Waals surface area contributed by atoms with Crippen LogP contribution in [0.3, 0.4) is 0 Å². The lowest BCUT2D eigenvalue weighted by Crippen LogP contribution is -2.43. The van der Waals surface area contributed by atoms with E-state index < -0.39 is 36.2 Å². The number of carbonyl (C=O) groups is 4. The zero-order valence-electron chi connectivity index (χ0n) is 16.5. The normalized spacial score (nSPS) is 15.5. The molecule has 0 aliphatic carbocycles. The highest BCUT2D eigenvalue weighted by atomic mass is 79.9. The Morgan fingerprint density at radius 1 is 1.23 bits per heavy atom. The van der Waals surface area contributed by atoms with Gasteiger partial charge in [-0.25, -0.2) is 0 Å². The molecule has 1 aliphatic heterocycles. The summed E-state index contributed by atoms with van der Waals surface area (Å²) >= 11 is 9.22. The van der Waals surface area contributed by atoms with Crippen molar-refractivity contribution in [1.29, 1.82) is 0 Å². The second-order valence-electron chi connectivity index (χ2n) is 6.95. The van der Waals surface area contributed by atoms with E-state index in [-0.39, 0.29) is 13.0 Å². The highest BCUT2D eigenvalue weighted by molar-refractivity contribution is 9.10. The van der Waals surface area contributed by atoms with Crippen LogP contribution >= 0.6 is 27.5 Å². The van der Waals surface area contributed by atoms with Gasteiger partial charge in [-0.15, -0.1) is 0 Å². The van der Waals surface area contributed by atoms with Gasteiger partial charge in [0.2, 0.25) is 5.91 Å². The summed E-state index contributed by atoms with van der Waals surface area (Å²) < 4.78 is 5.72. The van der Waals surface area contributed by atoms with Gasteiger partial charge in [0, 0.05) is 22.1 Å². The van der Waals surface area contributed by atoms with E-state index in [9.17, 15) is 19.2 Å². The number of hydrogen-bond acceptors (Lipinski definition) is 5. The summed E-state index contributed by atoms with van der Waals surface area (Å²) in [6, 6.07) is 11.8. The van der Waals surface area contributed by atoms with Crippen molar-refractivity contribution in [3.05, 3.63) is 63.1 Å². The first kappa shape index (κ1) is 22.8. The highest BCUT2D eigenvalue weighted by Gasteiger charge is 2.36. The zero-order chi connectivity index (χ0) is 22.5. The van der Waals surface area contributed by atoms with E-state index in [1.807, 2.05) is 0 Å². The van der Waals surface area contributed by atoms with E-state index in [0.717, 1.165) is 10.6 Å². The molecule has 1 saturated heterocycles. The van der Waals surface area contributed by atoms with E-state index in [4.69, 9.17) is 16.3 Å². The van der Waals surface area contributed by atoms with Crippen molar-refractivity contribution in [2.24, 2.45) is 5.92 Å². The third-order valence-electron chi connectivity index (χ3n) is 4.63. The molecule has 0 aromatic heterocycles. The minimum atomic E-state index is -0.778. The van der Waals surface area contributed by atoms with Crippen molar-refractivity contribution in [1.82, 2.24) is 10.4 Å². The number of rotatable bonds is 6. The number of halogens is 2. The molecule has 1 aliphatic rings. The maximum Gasteiger partial charge on any atom is 0.311 e. The molecular weight excluding hydrogens is 490 g/mol. The molecular formula is C21H19BrClN3O5. The van der Waals surface area contributed by atoms with Crippen LogP contribution in [0.2, 0.25) is 5.02 Å². The summed E-state index contributed by atoms with van der Waals surface area (Å²) in [6.45, 7) is 1.25. The number of hydrogen-bond donors (Lipinski definition) is 2. The number of aryl methyl sites for hydroxylation is 1. The molecule has 0 radical (unpaired) electrons. The smallest absolute Gasteiger partial charge is 0.311 e. The molecule has 2 aromatic rings. The molecule has 0 spiro atoms. The Hall–Kier alpha value is -2.91. The summed E-state index contributed by atoms with van der Waals surface area (Å²) in [5.74, 6) is -2.85. The number of benzene rings is 2. The van der Waals surface area contributed by atoms with Gasteiger partial charge in [-0.1, -0.05) is 29.8 Å². The molecule has 0 bridgehead atoms. The van der Waals surface area contributed by atoms with Crippen LogP contribution in [0, 0.1) is 12.8 Å². The van der Waals surface area contributed by atoms with E-state index >= 15 is 0 Å². The van der Waals surface area contributed by atoms with Crippen LogP contribution < -0.4 is 10.7 Å². The SMILES string of the molecule is Cc1ccccc1C(=O)NN1C[C@@H](C(=O)OCC(=O)Nc2ccc(Br)c(Cl)c2)CC1=O. The summed E-state index contributed by atoms with van der Waals surface area (Å²) in [4.78, 5) is 48.9. The molecule has 3 rings (SSSR count). The van der Waals surface area contributed by atoms with Crippen LogP contribution in [0.15, 0.2) is 46.9 Å². The number of nitrogens with one attached hydrogen (secondary N) is 2. The van der Waals surface area contributed by atoms with Crippen LogP contribution in [0.1, 0.15) is 22.3 Å². The fourth-order valence-electron chi connectivity index (χ4n) is 3.01. The predicted octanol–water partition coefficient (Wildman–Crippen LogP) is 3.09. The number of esters is 1. The van der Waals surface area contributed by atoms with Gasteiger partial charge in [0.25, 0.3) is 11.8 Å². The predicted molar refractivity (Wildman–Crippen MR) is 117 cm³/mol. The average Bonchev–Trinajstić information content (AvgIpc) is 3.09. The molecule has 1 heterocycles. The van der Waals surface area contributed by atoms with Crippen LogP contribution in [-0.2, 0) is 19.1 Å². The second kappa shape index (κ2) is 9.93. The lowest BCUT2D eigenvalue weighted by atomic mass is 10.1. The van der Waals surface area contributed by atoms with Crippen LogP contribution in [0.4, 0.5) is 5.69 Å². The first-order valence-electron chi connectivity index (χ1n) is 9.33. The number of nitrogens with zero attached hydrogens (tertiary/aromatic N) is 1. The summed E-state index contributed by atoms with van der Waals surface area (Å²) in [7, 11) is 0. The quantitative estimate of drug-likeness (QED) is 0.584. The molecule has 0 unspecified atom stereocenters. The highest BCUT2D eigenvalue weighted by Crippen LogP contribution is 2.25. The van der Waals surface area contributed by atoms with Crippen LogP contribution in [0.5, 0.6) is 0 Å². The second-order valence-corrected chi connectivity index (χ2v) is 8.21. The Labute approximate surface area is 192 Å². The zero-order valence-corrected chi connectivity index (χ0v) is 18.8. The summed E-state index contributed by atoms with van der Waals surface area (Å²) in [6.07, 6.45) is -0.114. The molecule has 2 N–H and O–H groups in total. The van der Waals surface area contributed by atoms with Crippen LogP contribution in [-0.4, -0.2) is 41.9 Å². The Morgan fingerprint density at radius 3 is 2.68 bits per heavy atom. The van der Waals surface area contributed by atoms with E-state index in [1.165, 1.54) is 0 Å². The number of anilines is 1. The summed E-state index contributed by atoms with van der Waals surface area (Å²) in [5, 5.41) is 4.09. The van der Waals surface area contributed by atoms with Gasteiger partial charge in [0.05, 0.1) is 17.5 Å². The fourth-order valence-corrected chi connectivity index (χ4v) is 3.44. The maximum absolute atomic E-state index is 12.4. The molecule has 162 valence electrons. The topological polar surface area (TPSA) is 105 Å². The van der Waals surface area contributed by atoms with Gasteiger partial charge in [-0.05, 0) is 52.7 Å². The number of amides is 3. The minimum absolute atomic E-state index is 0.0285. The van der Waals surface area contributed by atoms with Gasteiger partial charge in [0.1, 0.15) is 0 Å². The van der Waals surface area contributed by atoms with Crippen molar-refractivity contribution in [3.8, 4) is 0 Å². The fraction of sp³-hybridized carbons (Fsp3) is 0.238. The third-order valence-corrected chi connectivity index (χ3v) is 5.87. The minimum Gasteiger partial charge on any atom is -0.455 e. The van der Waals surface area contributed by atoms with Crippen molar-refractivity contribution in [2.75, 3.05) is 18.5 Å². The molecule has 1 fully saturated rings. The number of hydrazine groups is 1. The lowest BCUT2D eigenvalue weighted by Gasteiger charge is -2.18. The first-order chi connectivity index (χ1) is 14.7. The number of carbonyl (C=O) groups excluding carboxylic acids is 4. The Morgan fingerprint density at radius 2 is 1.97 bits per heavy atom. The van der Waals surface area contributed by atoms with E-state index in [1.54, 1.807) is 49.4 Å². The standard InChI is InChI=1S/C21H19BrClN3O5/c1-12-4-2-3-5-15(12)20(29)25-26-10-13(8-19(26)28)21(30)31-11-18(27)24-14-6-7-16(22)17(23)9-14/h2-7,9,13H,8,10-11H2,1H3,(H,24,27)(H,25,29)/t13-/m0/s1. The van der Waals surface area contributed by atoms with Crippen molar-refractivity contribution >= 4 is 56.9 Å². The average molecular weight is 509 g/mol. The van der Waals surface area contributed by atoms with Gasteiger partial charge in [0.15, 0.2) is 6.61 Å². The molecule has 10 heteroatoms. The Kier molecular flexibility index (Phi) is 7.29. The first-order valence-corrected chi connectivity index (χ1v) is 10.5. The van der Waals surface area contributed by atoms with Crippen molar-refractivity contribution in [3.63, 3.8) is 0 Å². The van der Waals surface area contributed by atoms with Crippen molar-refractivity contribution in [2.45, 2.75) is 13.3 Å². The van der Waals surface area contributed by atoms with Gasteiger partial charge < -0.3 is 10.1 Å². The van der Waals surface area contributed by atoms with Gasteiger partial charge in [-0.2, -0.15) is 0 Å². The van der Waals surface area contributed by atoms with Crippen LogP contribution in [0.25, 0.3) is 0 Å². The molecule has 3 amide bonds. The number of ether oxygens (including phenoxy) is 1. The van der Waals surface area contributed by atoms with E-state index in [0.29, 0.717) is 20.7 Å². The summed E-state index contributed by atoms with van der Waals surface area (Å²) in [5.41, 5.74) is 4.17. The third kappa shape index (κ3) is 5.83. The largest absolute Gasteiger partial charge is 0.455 e. The van der Waals surface area contributed by atoms with Gasteiger partial charge >= 0.3 is 5.97 Å². The molecule has 0 saturated carbocycles. The van der Waals surface area contributed by atoms with Crippen molar-refractivity contribution < 1.29 is 23.9 Å². The monoisotopic (exact) mass is 507 g/mol. The van der Waals surface area contributed by atoms with Gasteiger partial charge in [-0.3, -0.25) is 29.6 Å².